The van der Waals surface area contributed by atoms with Crippen LogP contribution in [-0.4, -0.2) is 9.97 Å². The molecule has 6 nitrogen and oxygen atoms in total. The fourth-order valence-electron chi connectivity index (χ4n) is 2.46. The largest absolute Gasteiger partial charge is 0.523 e. The molecule has 0 spiro atoms. The molecule has 0 aliphatic heterocycles. The summed E-state index contributed by atoms with van der Waals surface area (Å²) in [6.07, 6.45) is 4.23. The molecular weight excluding hydrogens is 276 g/mol. The van der Waals surface area contributed by atoms with E-state index in [1.807, 2.05) is 12.1 Å². The summed E-state index contributed by atoms with van der Waals surface area (Å²) < 4.78 is 0. The standard InChI is InChI=1S/C16H6N6/c1-19-16(20-2)10-5-14-15(6-10)22-13-4-9(3-12(13)21-14)11(7-17)8-18/h3,6H,4-5H2. The van der Waals surface area contributed by atoms with Gasteiger partial charge in [0, 0.05) is 12.8 Å². The lowest BCUT2D eigenvalue weighted by Gasteiger charge is -1.96. The molecule has 0 radical (unpaired) electrons. The molecule has 22 heavy (non-hydrogen) atoms. The third kappa shape index (κ3) is 1.93. The summed E-state index contributed by atoms with van der Waals surface area (Å²) in [6.45, 7) is 14.0. The number of rotatable bonds is 0. The molecule has 0 aromatic carbocycles. The Morgan fingerprint density at radius 1 is 0.955 bits per heavy atom. The number of nitriles is 2. The summed E-state index contributed by atoms with van der Waals surface area (Å²) in [5.74, 6) is 0.0424. The van der Waals surface area contributed by atoms with E-state index in [-0.39, 0.29) is 11.4 Å². The van der Waals surface area contributed by atoms with Gasteiger partial charge in [-0.15, -0.1) is 0 Å². The Hall–Kier alpha value is -3.74. The Morgan fingerprint density at radius 3 is 1.95 bits per heavy atom. The minimum Gasteiger partial charge on any atom is -0.249 e. The minimum absolute atomic E-state index is 0.0424. The molecule has 1 aromatic rings. The molecular formula is C16H6N6. The van der Waals surface area contributed by atoms with Crippen LogP contribution in [0.15, 0.2) is 22.5 Å². The van der Waals surface area contributed by atoms with E-state index in [2.05, 4.69) is 19.7 Å². The van der Waals surface area contributed by atoms with Crippen LogP contribution in [0.4, 0.5) is 0 Å². The third-order valence-electron chi connectivity index (χ3n) is 3.48. The molecule has 6 heteroatoms. The molecule has 3 rings (SSSR count). The number of allylic oxidation sites excluding steroid dienone is 3. The summed E-state index contributed by atoms with van der Waals surface area (Å²) in [5.41, 5.74) is 2.76. The van der Waals surface area contributed by atoms with Gasteiger partial charge in [-0.05, 0) is 17.7 Å². The Labute approximate surface area is 125 Å². The van der Waals surface area contributed by atoms with Crippen molar-refractivity contribution in [2.75, 3.05) is 0 Å². The minimum atomic E-state index is 0.0424. The van der Waals surface area contributed by atoms with Crippen molar-refractivity contribution < 1.29 is 0 Å². The average molecular weight is 282 g/mol. The van der Waals surface area contributed by atoms with E-state index in [0.717, 1.165) is 0 Å². The summed E-state index contributed by atoms with van der Waals surface area (Å²) in [6, 6.07) is 3.75. The number of fused-ring (bicyclic) bond motifs is 2. The molecule has 0 unspecified atom stereocenters. The van der Waals surface area contributed by atoms with Crippen LogP contribution in [0.2, 0.25) is 0 Å². The van der Waals surface area contributed by atoms with Crippen molar-refractivity contribution in [2.45, 2.75) is 12.8 Å². The lowest BCUT2D eigenvalue weighted by molar-refractivity contribution is 0.952. The SMILES string of the molecule is [C-]#[N+]C([N+]#[C-])=C1C=c2nc3c(nc2C1)=CC(=C(C#N)C#N)C3. The fraction of sp³-hybridized carbons (Fsp3) is 0.125. The summed E-state index contributed by atoms with van der Waals surface area (Å²) in [7, 11) is 0. The van der Waals surface area contributed by atoms with Gasteiger partial charge in [0.05, 0.1) is 27.7 Å². The van der Waals surface area contributed by atoms with E-state index in [4.69, 9.17) is 23.7 Å². The number of hydrogen-bond acceptors (Lipinski definition) is 4. The lowest BCUT2D eigenvalue weighted by atomic mass is 10.1. The molecule has 1 aromatic heterocycles. The normalized spacial score (nSPS) is 13.5. The van der Waals surface area contributed by atoms with Gasteiger partial charge in [-0.3, -0.25) is 0 Å². The third-order valence-corrected chi connectivity index (χ3v) is 3.48. The van der Waals surface area contributed by atoms with Crippen molar-refractivity contribution >= 4 is 12.2 Å². The van der Waals surface area contributed by atoms with Crippen molar-refractivity contribution in [3.63, 3.8) is 0 Å². The maximum Gasteiger partial charge on any atom is 0.523 e. The van der Waals surface area contributed by atoms with E-state index in [9.17, 15) is 0 Å². The van der Waals surface area contributed by atoms with Crippen molar-refractivity contribution in [3.8, 4) is 12.1 Å². The van der Waals surface area contributed by atoms with Gasteiger partial charge in [0.2, 0.25) is 0 Å². The maximum absolute atomic E-state index is 8.92. The van der Waals surface area contributed by atoms with Crippen molar-refractivity contribution in [1.29, 1.82) is 10.5 Å². The lowest BCUT2D eigenvalue weighted by Crippen LogP contribution is -2.24. The zero-order chi connectivity index (χ0) is 15.7. The molecule has 2 aliphatic rings. The molecule has 2 aliphatic carbocycles. The highest BCUT2D eigenvalue weighted by atomic mass is 14.9. The molecule has 1 heterocycles. The van der Waals surface area contributed by atoms with Gasteiger partial charge in [0.15, 0.2) is 0 Å². The first-order valence-corrected chi connectivity index (χ1v) is 6.30. The molecule has 0 saturated heterocycles. The van der Waals surface area contributed by atoms with Crippen molar-refractivity contribution in [1.82, 2.24) is 9.97 Å². The van der Waals surface area contributed by atoms with E-state index in [0.29, 0.717) is 46.1 Å². The number of aromatic nitrogens is 2. The van der Waals surface area contributed by atoms with Crippen LogP contribution in [0.25, 0.3) is 21.8 Å². The first-order chi connectivity index (χ1) is 10.7. The first kappa shape index (κ1) is 13.3. The van der Waals surface area contributed by atoms with Crippen LogP contribution in [0.1, 0.15) is 11.4 Å². The highest BCUT2D eigenvalue weighted by Crippen LogP contribution is 2.19. The predicted molar refractivity (Wildman–Crippen MR) is 76.1 cm³/mol. The van der Waals surface area contributed by atoms with Crippen LogP contribution in [0, 0.1) is 35.8 Å². The van der Waals surface area contributed by atoms with Gasteiger partial charge in [0.1, 0.15) is 30.9 Å². The molecule has 100 valence electrons. The van der Waals surface area contributed by atoms with Crippen LogP contribution in [0.5, 0.6) is 0 Å². The Kier molecular flexibility index (Phi) is 3.00. The molecule has 0 saturated carbocycles. The smallest absolute Gasteiger partial charge is 0.249 e. The van der Waals surface area contributed by atoms with Crippen LogP contribution < -0.4 is 10.7 Å². The van der Waals surface area contributed by atoms with Gasteiger partial charge in [-0.2, -0.15) is 20.2 Å². The molecule has 0 fully saturated rings. The average Bonchev–Trinajstić information content (AvgIpc) is 3.10. The zero-order valence-electron chi connectivity index (χ0n) is 11.3. The van der Waals surface area contributed by atoms with Crippen molar-refractivity contribution in [3.05, 3.63) is 67.5 Å². The van der Waals surface area contributed by atoms with Crippen LogP contribution in [-0.2, 0) is 12.8 Å². The van der Waals surface area contributed by atoms with Gasteiger partial charge < -0.3 is 0 Å². The molecule has 0 N–H and O–H groups in total. The summed E-state index contributed by atoms with van der Waals surface area (Å²) in [4.78, 5) is 15.4. The van der Waals surface area contributed by atoms with Crippen molar-refractivity contribution in [2.24, 2.45) is 0 Å². The summed E-state index contributed by atoms with van der Waals surface area (Å²) in [5, 5.41) is 19.2. The summed E-state index contributed by atoms with van der Waals surface area (Å²) >= 11 is 0. The monoisotopic (exact) mass is 282 g/mol. The molecule has 0 atom stereocenters. The predicted octanol–water partition coefficient (Wildman–Crippen LogP) is 0.544. The quantitative estimate of drug-likeness (QED) is 0.514. The van der Waals surface area contributed by atoms with Gasteiger partial charge in [-0.1, -0.05) is 0 Å². The first-order valence-electron chi connectivity index (χ1n) is 6.30. The zero-order valence-corrected chi connectivity index (χ0v) is 11.3. The van der Waals surface area contributed by atoms with Crippen LogP contribution in [0.3, 0.4) is 0 Å². The van der Waals surface area contributed by atoms with Crippen LogP contribution >= 0.6 is 0 Å². The highest BCUT2D eigenvalue weighted by Gasteiger charge is 2.22. The fourth-order valence-corrected chi connectivity index (χ4v) is 2.46. The van der Waals surface area contributed by atoms with E-state index in [1.165, 1.54) is 0 Å². The number of hydrogen-bond donors (Lipinski definition) is 0. The number of nitrogens with zero attached hydrogens (tertiary/aromatic N) is 6. The highest BCUT2D eigenvalue weighted by molar-refractivity contribution is 5.63. The Balaban J connectivity index is 2.13. The van der Waals surface area contributed by atoms with Gasteiger partial charge >= 0.3 is 5.82 Å². The van der Waals surface area contributed by atoms with Gasteiger partial charge in [0.25, 0.3) is 0 Å². The second-order valence-corrected chi connectivity index (χ2v) is 4.73. The molecule has 0 bridgehead atoms. The Bertz CT molecular complexity index is 939. The molecule has 0 amide bonds. The second-order valence-electron chi connectivity index (χ2n) is 4.73. The Morgan fingerprint density at radius 2 is 1.45 bits per heavy atom. The maximum atomic E-state index is 8.92. The van der Waals surface area contributed by atoms with E-state index in [1.54, 1.807) is 12.2 Å². The van der Waals surface area contributed by atoms with E-state index >= 15 is 0 Å². The van der Waals surface area contributed by atoms with Gasteiger partial charge in [-0.25, -0.2) is 9.97 Å². The van der Waals surface area contributed by atoms with E-state index < -0.39 is 0 Å². The topological polar surface area (TPSA) is 82.1 Å². The second kappa shape index (κ2) is 4.98.